The molecule has 0 aliphatic heterocycles. The first-order chi connectivity index (χ1) is 8.41. The molecule has 1 aromatic heterocycles. The zero-order valence-electron chi connectivity index (χ0n) is 11.3. The van der Waals surface area contributed by atoms with Crippen LogP contribution < -0.4 is 15.8 Å². The smallest absolute Gasteiger partial charge is 0.240 e. The molecule has 1 amide bonds. The second-order valence-electron chi connectivity index (χ2n) is 4.79. The van der Waals surface area contributed by atoms with E-state index >= 15 is 0 Å². The number of nitrogens with zero attached hydrogens (tertiary/aromatic N) is 1. The van der Waals surface area contributed by atoms with Crippen LogP contribution in [0.25, 0.3) is 0 Å². The fourth-order valence-electron chi connectivity index (χ4n) is 1.56. The summed E-state index contributed by atoms with van der Waals surface area (Å²) in [5.74, 6) is 0.852. The van der Waals surface area contributed by atoms with E-state index in [9.17, 15) is 4.79 Å². The van der Waals surface area contributed by atoms with E-state index in [-0.39, 0.29) is 12.0 Å². The molecule has 0 aliphatic rings. The molecule has 1 atom stereocenters. The van der Waals surface area contributed by atoms with Crippen molar-refractivity contribution in [2.75, 3.05) is 5.32 Å². The Bertz CT molecular complexity index is 405. The van der Waals surface area contributed by atoms with Gasteiger partial charge in [-0.3, -0.25) is 4.79 Å². The van der Waals surface area contributed by atoms with E-state index in [1.54, 1.807) is 12.3 Å². The van der Waals surface area contributed by atoms with Gasteiger partial charge in [-0.1, -0.05) is 13.8 Å². The number of primary amides is 1. The average molecular weight is 251 g/mol. The molecule has 0 fully saturated rings. The highest BCUT2D eigenvalue weighted by Crippen LogP contribution is 2.24. The summed E-state index contributed by atoms with van der Waals surface area (Å²) in [6, 6.07) is 3.14. The molecular formula is C13H21N3O2. The number of ether oxygens (including phenoxy) is 1. The monoisotopic (exact) mass is 251 g/mol. The Hall–Kier alpha value is -1.78. The van der Waals surface area contributed by atoms with Crippen LogP contribution in [0.4, 0.5) is 5.82 Å². The van der Waals surface area contributed by atoms with Crippen LogP contribution in [0.1, 0.15) is 27.7 Å². The third kappa shape index (κ3) is 3.91. The van der Waals surface area contributed by atoms with Crippen LogP contribution in [-0.2, 0) is 4.79 Å². The first-order valence-corrected chi connectivity index (χ1v) is 6.09. The molecule has 5 heteroatoms. The lowest BCUT2D eigenvalue weighted by Crippen LogP contribution is -2.39. The summed E-state index contributed by atoms with van der Waals surface area (Å²) in [6.45, 7) is 7.72. The lowest BCUT2D eigenvalue weighted by Gasteiger charge is -2.21. The van der Waals surface area contributed by atoms with Crippen molar-refractivity contribution in [3.8, 4) is 5.75 Å². The Balaban J connectivity index is 2.91. The maximum atomic E-state index is 11.4. The predicted molar refractivity (Wildman–Crippen MR) is 71.4 cm³/mol. The first kappa shape index (κ1) is 14.3. The van der Waals surface area contributed by atoms with Gasteiger partial charge in [0.25, 0.3) is 0 Å². The topological polar surface area (TPSA) is 77.2 Å². The molecule has 1 heterocycles. The molecule has 0 saturated carbocycles. The van der Waals surface area contributed by atoms with E-state index in [1.165, 1.54) is 0 Å². The van der Waals surface area contributed by atoms with Crippen molar-refractivity contribution in [2.24, 2.45) is 11.7 Å². The molecule has 0 bridgehead atoms. The molecular weight excluding hydrogens is 230 g/mol. The van der Waals surface area contributed by atoms with Crippen molar-refractivity contribution in [2.45, 2.75) is 39.8 Å². The van der Waals surface area contributed by atoms with Crippen LogP contribution in [-0.4, -0.2) is 23.0 Å². The van der Waals surface area contributed by atoms with Crippen LogP contribution in [0.5, 0.6) is 5.75 Å². The second kappa shape index (κ2) is 6.23. The van der Waals surface area contributed by atoms with Gasteiger partial charge in [0.1, 0.15) is 6.04 Å². The average Bonchev–Trinajstić information content (AvgIpc) is 2.26. The van der Waals surface area contributed by atoms with Crippen LogP contribution in [0.15, 0.2) is 18.3 Å². The number of nitrogens with one attached hydrogen (secondary N) is 1. The van der Waals surface area contributed by atoms with Crippen LogP contribution in [0.2, 0.25) is 0 Å². The minimum Gasteiger partial charge on any atom is -0.487 e. The lowest BCUT2D eigenvalue weighted by atomic mass is 10.0. The molecule has 0 aromatic carbocycles. The summed E-state index contributed by atoms with van der Waals surface area (Å²) in [5, 5.41) is 3.04. The highest BCUT2D eigenvalue weighted by molar-refractivity contribution is 5.83. The minimum atomic E-state index is -0.464. The van der Waals surface area contributed by atoms with Gasteiger partial charge in [0, 0.05) is 6.20 Å². The van der Waals surface area contributed by atoms with Gasteiger partial charge in [-0.15, -0.1) is 0 Å². The Morgan fingerprint density at radius 1 is 1.39 bits per heavy atom. The standard InChI is InChI=1S/C13H21N3O2/c1-8(2)11(12(14)17)16-13-10(18-9(3)4)6-5-7-15-13/h5-9,11H,1-4H3,(H2,14,17)(H,15,16). The number of pyridine rings is 1. The van der Waals surface area contributed by atoms with E-state index in [0.717, 1.165) is 0 Å². The number of anilines is 1. The van der Waals surface area contributed by atoms with Gasteiger partial charge < -0.3 is 15.8 Å². The van der Waals surface area contributed by atoms with E-state index in [2.05, 4.69) is 10.3 Å². The van der Waals surface area contributed by atoms with Crippen LogP contribution in [0.3, 0.4) is 0 Å². The van der Waals surface area contributed by atoms with Crippen molar-refractivity contribution >= 4 is 11.7 Å². The SMILES string of the molecule is CC(C)Oc1cccnc1NC(C(N)=O)C(C)C. The van der Waals surface area contributed by atoms with Gasteiger partial charge in [-0.2, -0.15) is 0 Å². The van der Waals surface area contributed by atoms with Gasteiger partial charge in [-0.05, 0) is 31.9 Å². The van der Waals surface area contributed by atoms with Gasteiger partial charge in [0.15, 0.2) is 11.6 Å². The summed E-state index contributed by atoms with van der Waals surface area (Å²) >= 11 is 0. The minimum absolute atomic E-state index is 0.0424. The second-order valence-corrected chi connectivity index (χ2v) is 4.79. The fraction of sp³-hybridized carbons (Fsp3) is 0.538. The highest BCUT2D eigenvalue weighted by atomic mass is 16.5. The predicted octanol–water partition coefficient (Wildman–Crippen LogP) is 1.79. The maximum absolute atomic E-state index is 11.4. The number of carbonyl (C=O) groups excluding carboxylic acids is 1. The first-order valence-electron chi connectivity index (χ1n) is 6.09. The molecule has 18 heavy (non-hydrogen) atoms. The summed E-state index contributed by atoms with van der Waals surface area (Å²) < 4.78 is 5.63. The summed E-state index contributed by atoms with van der Waals surface area (Å²) in [7, 11) is 0. The Kier molecular flexibility index (Phi) is 4.95. The maximum Gasteiger partial charge on any atom is 0.240 e. The summed E-state index contributed by atoms with van der Waals surface area (Å²) in [5.41, 5.74) is 5.37. The summed E-state index contributed by atoms with van der Waals surface area (Å²) in [4.78, 5) is 15.6. The molecule has 0 radical (unpaired) electrons. The fourth-order valence-corrected chi connectivity index (χ4v) is 1.56. The zero-order chi connectivity index (χ0) is 13.7. The number of amides is 1. The third-order valence-corrected chi connectivity index (χ3v) is 2.40. The highest BCUT2D eigenvalue weighted by Gasteiger charge is 2.21. The van der Waals surface area contributed by atoms with Gasteiger partial charge in [0.05, 0.1) is 6.10 Å². The van der Waals surface area contributed by atoms with E-state index in [4.69, 9.17) is 10.5 Å². The molecule has 1 aromatic rings. The van der Waals surface area contributed by atoms with Gasteiger partial charge >= 0.3 is 0 Å². The molecule has 5 nitrogen and oxygen atoms in total. The normalized spacial score (nSPS) is 12.6. The van der Waals surface area contributed by atoms with Gasteiger partial charge in [0.2, 0.25) is 5.91 Å². The Morgan fingerprint density at radius 2 is 2.06 bits per heavy atom. The number of hydrogen-bond acceptors (Lipinski definition) is 4. The van der Waals surface area contributed by atoms with Crippen molar-refractivity contribution in [3.05, 3.63) is 18.3 Å². The van der Waals surface area contributed by atoms with E-state index in [1.807, 2.05) is 33.8 Å². The lowest BCUT2D eigenvalue weighted by molar-refractivity contribution is -0.119. The van der Waals surface area contributed by atoms with Crippen molar-refractivity contribution in [1.29, 1.82) is 0 Å². The van der Waals surface area contributed by atoms with Crippen molar-refractivity contribution in [1.82, 2.24) is 4.98 Å². The number of rotatable bonds is 6. The van der Waals surface area contributed by atoms with Crippen LogP contribution >= 0.6 is 0 Å². The number of aromatic nitrogens is 1. The molecule has 0 saturated heterocycles. The molecule has 1 unspecified atom stereocenters. The third-order valence-electron chi connectivity index (χ3n) is 2.40. The van der Waals surface area contributed by atoms with Crippen molar-refractivity contribution < 1.29 is 9.53 Å². The molecule has 0 spiro atoms. The van der Waals surface area contributed by atoms with Crippen molar-refractivity contribution in [3.63, 3.8) is 0 Å². The number of carbonyl (C=O) groups is 1. The molecule has 100 valence electrons. The van der Waals surface area contributed by atoms with E-state index in [0.29, 0.717) is 11.6 Å². The van der Waals surface area contributed by atoms with Crippen LogP contribution in [0, 0.1) is 5.92 Å². The van der Waals surface area contributed by atoms with E-state index < -0.39 is 11.9 Å². The number of hydrogen-bond donors (Lipinski definition) is 2. The number of nitrogens with two attached hydrogens (primary N) is 1. The Morgan fingerprint density at radius 3 is 2.56 bits per heavy atom. The summed E-state index contributed by atoms with van der Waals surface area (Å²) in [6.07, 6.45) is 1.69. The molecule has 0 aliphatic carbocycles. The molecule has 3 N–H and O–H groups in total. The molecule has 1 rings (SSSR count). The Labute approximate surface area is 108 Å². The quantitative estimate of drug-likeness (QED) is 0.808. The largest absolute Gasteiger partial charge is 0.487 e. The van der Waals surface area contributed by atoms with Gasteiger partial charge in [-0.25, -0.2) is 4.98 Å². The zero-order valence-corrected chi connectivity index (χ0v) is 11.3.